The lowest BCUT2D eigenvalue weighted by Crippen LogP contribution is -2.27. The van der Waals surface area contributed by atoms with Crippen molar-refractivity contribution < 1.29 is 0 Å². The first-order chi connectivity index (χ1) is 10.0. The van der Waals surface area contributed by atoms with E-state index in [0.717, 1.165) is 12.1 Å². The zero-order valence-corrected chi connectivity index (χ0v) is 13.5. The molecule has 114 valence electrons. The van der Waals surface area contributed by atoms with Gasteiger partial charge in [0.15, 0.2) is 0 Å². The van der Waals surface area contributed by atoms with Gasteiger partial charge in [-0.3, -0.25) is 0 Å². The van der Waals surface area contributed by atoms with Crippen LogP contribution in [0, 0.1) is 5.92 Å². The predicted octanol–water partition coefficient (Wildman–Crippen LogP) is 4.02. The fraction of sp³-hybridized carbons (Fsp3) is 0.611. The third-order valence-electron chi connectivity index (χ3n) is 4.80. The standard InChI is InChI=1S/C18H27N3/c1-18(2,3)21-16-7-5-4-6-15(16)20-17(21)14-10-8-13(12-19)9-11-14/h4-7,13-14H,8-12,19H2,1-3H3. The fourth-order valence-corrected chi connectivity index (χ4v) is 3.68. The molecular formula is C18H27N3. The molecule has 0 unspecified atom stereocenters. The maximum Gasteiger partial charge on any atom is 0.113 e. The van der Waals surface area contributed by atoms with Crippen molar-refractivity contribution in [2.24, 2.45) is 11.7 Å². The molecule has 0 bridgehead atoms. The van der Waals surface area contributed by atoms with Gasteiger partial charge in [-0.15, -0.1) is 0 Å². The molecule has 0 amide bonds. The second kappa shape index (κ2) is 5.45. The Morgan fingerprint density at radius 1 is 1.14 bits per heavy atom. The number of fused-ring (bicyclic) bond motifs is 1. The van der Waals surface area contributed by atoms with Gasteiger partial charge < -0.3 is 10.3 Å². The van der Waals surface area contributed by atoms with Crippen molar-refractivity contribution in [2.45, 2.75) is 57.9 Å². The minimum absolute atomic E-state index is 0.0656. The average Bonchev–Trinajstić information content (AvgIpc) is 2.86. The van der Waals surface area contributed by atoms with Crippen LogP contribution in [0.5, 0.6) is 0 Å². The summed E-state index contributed by atoms with van der Waals surface area (Å²) in [5.41, 5.74) is 8.29. The Morgan fingerprint density at radius 3 is 2.43 bits per heavy atom. The van der Waals surface area contributed by atoms with E-state index in [0.29, 0.717) is 11.8 Å². The number of hydrogen-bond donors (Lipinski definition) is 1. The largest absolute Gasteiger partial charge is 0.330 e. The minimum Gasteiger partial charge on any atom is -0.330 e. The number of rotatable bonds is 2. The normalized spacial score (nSPS) is 23.6. The van der Waals surface area contributed by atoms with Crippen molar-refractivity contribution in [3.05, 3.63) is 30.1 Å². The van der Waals surface area contributed by atoms with E-state index in [1.54, 1.807) is 0 Å². The first-order valence-electron chi connectivity index (χ1n) is 8.18. The van der Waals surface area contributed by atoms with E-state index in [1.165, 1.54) is 37.0 Å². The van der Waals surface area contributed by atoms with E-state index in [9.17, 15) is 0 Å². The molecule has 1 saturated carbocycles. The molecular weight excluding hydrogens is 258 g/mol. The summed E-state index contributed by atoms with van der Waals surface area (Å²) in [7, 11) is 0. The van der Waals surface area contributed by atoms with Crippen LogP contribution in [0.3, 0.4) is 0 Å². The molecule has 1 fully saturated rings. The molecule has 0 saturated heterocycles. The Hall–Kier alpha value is -1.35. The Kier molecular flexibility index (Phi) is 3.78. The number of imidazole rings is 1. The van der Waals surface area contributed by atoms with Crippen molar-refractivity contribution >= 4 is 11.0 Å². The number of benzene rings is 1. The van der Waals surface area contributed by atoms with Crippen LogP contribution >= 0.6 is 0 Å². The van der Waals surface area contributed by atoms with Crippen LogP contribution in [0.1, 0.15) is 58.2 Å². The molecule has 1 aliphatic rings. The summed E-state index contributed by atoms with van der Waals surface area (Å²) in [6.45, 7) is 7.66. The van der Waals surface area contributed by atoms with Crippen LogP contribution in [0.15, 0.2) is 24.3 Å². The van der Waals surface area contributed by atoms with Crippen LogP contribution < -0.4 is 5.73 Å². The molecule has 1 aromatic carbocycles. The summed E-state index contributed by atoms with van der Waals surface area (Å²) in [4.78, 5) is 4.99. The highest BCUT2D eigenvalue weighted by molar-refractivity contribution is 5.76. The molecule has 0 spiro atoms. The lowest BCUT2D eigenvalue weighted by molar-refractivity contribution is 0.303. The molecule has 0 radical (unpaired) electrons. The number of hydrogen-bond acceptors (Lipinski definition) is 2. The lowest BCUT2D eigenvalue weighted by Gasteiger charge is -2.31. The summed E-state index contributed by atoms with van der Waals surface area (Å²) >= 11 is 0. The Bertz CT molecular complexity index is 613. The van der Waals surface area contributed by atoms with Gasteiger partial charge in [0.2, 0.25) is 0 Å². The van der Waals surface area contributed by atoms with Gasteiger partial charge in [0, 0.05) is 11.5 Å². The van der Waals surface area contributed by atoms with E-state index in [2.05, 4.69) is 49.6 Å². The van der Waals surface area contributed by atoms with Crippen LogP contribution in [0.4, 0.5) is 0 Å². The number of nitrogens with zero attached hydrogens (tertiary/aromatic N) is 2. The Morgan fingerprint density at radius 2 is 1.81 bits per heavy atom. The molecule has 1 heterocycles. The molecule has 2 N–H and O–H groups in total. The first kappa shape index (κ1) is 14.6. The van der Waals surface area contributed by atoms with Crippen molar-refractivity contribution in [1.82, 2.24) is 9.55 Å². The highest BCUT2D eigenvalue weighted by atomic mass is 15.1. The third kappa shape index (κ3) is 2.71. The van der Waals surface area contributed by atoms with Gasteiger partial charge in [0.05, 0.1) is 11.0 Å². The molecule has 2 aromatic rings. The molecule has 3 rings (SSSR count). The van der Waals surface area contributed by atoms with E-state index in [4.69, 9.17) is 10.7 Å². The zero-order valence-electron chi connectivity index (χ0n) is 13.5. The van der Waals surface area contributed by atoms with Crippen LogP contribution in [0.2, 0.25) is 0 Å². The molecule has 0 atom stereocenters. The molecule has 3 heteroatoms. The first-order valence-corrected chi connectivity index (χ1v) is 8.18. The van der Waals surface area contributed by atoms with E-state index < -0.39 is 0 Å². The van der Waals surface area contributed by atoms with Crippen molar-refractivity contribution in [2.75, 3.05) is 6.54 Å². The Balaban J connectivity index is 2.02. The van der Waals surface area contributed by atoms with Crippen LogP contribution in [-0.4, -0.2) is 16.1 Å². The lowest BCUT2D eigenvalue weighted by atomic mass is 9.81. The maximum atomic E-state index is 5.83. The van der Waals surface area contributed by atoms with Gasteiger partial charge in [-0.25, -0.2) is 4.98 Å². The zero-order chi connectivity index (χ0) is 15.0. The predicted molar refractivity (Wildman–Crippen MR) is 88.5 cm³/mol. The SMILES string of the molecule is CC(C)(C)n1c(C2CCC(CN)CC2)nc2ccccc21. The van der Waals surface area contributed by atoms with Crippen LogP contribution in [0.25, 0.3) is 11.0 Å². The summed E-state index contributed by atoms with van der Waals surface area (Å²) in [6.07, 6.45) is 4.94. The van der Waals surface area contributed by atoms with Crippen molar-refractivity contribution in [3.8, 4) is 0 Å². The molecule has 3 nitrogen and oxygen atoms in total. The molecule has 1 aromatic heterocycles. The fourth-order valence-electron chi connectivity index (χ4n) is 3.68. The Labute approximate surface area is 127 Å². The molecule has 1 aliphatic carbocycles. The van der Waals surface area contributed by atoms with Gasteiger partial charge in [-0.2, -0.15) is 0 Å². The van der Waals surface area contributed by atoms with Crippen molar-refractivity contribution in [1.29, 1.82) is 0 Å². The van der Waals surface area contributed by atoms with Gasteiger partial charge in [0.1, 0.15) is 5.82 Å². The van der Waals surface area contributed by atoms with Gasteiger partial charge in [-0.1, -0.05) is 12.1 Å². The molecule has 0 aliphatic heterocycles. The highest BCUT2D eigenvalue weighted by Crippen LogP contribution is 2.38. The van der Waals surface area contributed by atoms with Gasteiger partial charge in [-0.05, 0) is 71.0 Å². The summed E-state index contributed by atoms with van der Waals surface area (Å²) in [5.74, 6) is 2.58. The van der Waals surface area contributed by atoms with E-state index in [1.807, 2.05) is 0 Å². The third-order valence-corrected chi connectivity index (χ3v) is 4.80. The van der Waals surface area contributed by atoms with Crippen molar-refractivity contribution in [3.63, 3.8) is 0 Å². The van der Waals surface area contributed by atoms with Gasteiger partial charge >= 0.3 is 0 Å². The number of para-hydroxylation sites is 2. The van der Waals surface area contributed by atoms with Gasteiger partial charge in [0.25, 0.3) is 0 Å². The maximum absolute atomic E-state index is 5.83. The monoisotopic (exact) mass is 285 g/mol. The van der Waals surface area contributed by atoms with E-state index >= 15 is 0 Å². The topological polar surface area (TPSA) is 43.8 Å². The summed E-state index contributed by atoms with van der Waals surface area (Å²) in [6, 6.07) is 8.52. The smallest absolute Gasteiger partial charge is 0.113 e. The average molecular weight is 285 g/mol. The molecule has 21 heavy (non-hydrogen) atoms. The number of nitrogens with two attached hydrogens (primary N) is 1. The summed E-state index contributed by atoms with van der Waals surface area (Å²) < 4.78 is 2.45. The second-order valence-electron chi connectivity index (χ2n) is 7.42. The van der Waals surface area contributed by atoms with E-state index in [-0.39, 0.29) is 5.54 Å². The highest BCUT2D eigenvalue weighted by Gasteiger charge is 2.29. The second-order valence-corrected chi connectivity index (χ2v) is 7.42. The number of aromatic nitrogens is 2. The quantitative estimate of drug-likeness (QED) is 0.905. The summed E-state index contributed by atoms with van der Waals surface area (Å²) in [5, 5.41) is 0. The van der Waals surface area contributed by atoms with Crippen LogP contribution in [-0.2, 0) is 5.54 Å². The minimum atomic E-state index is 0.0656.